The Morgan fingerprint density at radius 1 is 1.09 bits per heavy atom. The van der Waals surface area contributed by atoms with Crippen molar-refractivity contribution < 1.29 is 19.4 Å². The maximum Gasteiger partial charge on any atom is 0.335 e. The lowest BCUT2D eigenvalue weighted by molar-refractivity contribution is 0.0696. The minimum atomic E-state index is -0.987. The van der Waals surface area contributed by atoms with Crippen molar-refractivity contribution >= 4 is 23.5 Å². The van der Waals surface area contributed by atoms with Crippen molar-refractivity contribution in [2.75, 3.05) is 13.2 Å². The molecule has 0 radical (unpaired) electrons. The summed E-state index contributed by atoms with van der Waals surface area (Å²) in [5, 5.41) is 11.9. The number of carbonyl (C=O) groups excluding carboxylic acids is 1. The Kier molecular flexibility index (Phi) is 5.38. The van der Waals surface area contributed by atoms with Crippen molar-refractivity contribution in [3.63, 3.8) is 0 Å². The van der Waals surface area contributed by atoms with Gasteiger partial charge in [0.15, 0.2) is 0 Å². The van der Waals surface area contributed by atoms with Crippen LogP contribution in [0.4, 0.5) is 0 Å². The lowest BCUT2D eigenvalue weighted by Gasteiger charge is -2.08. The predicted molar refractivity (Wildman–Crippen MR) is 82.7 cm³/mol. The average Bonchev–Trinajstić information content (AvgIpc) is 2.52. The van der Waals surface area contributed by atoms with Crippen LogP contribution in [0.1, 0.15) is 20.7 Å². The molecule has 22 heavy (non-hydrogen) atoms. The maximum absolute atomic E-state index is 11.9. The smallest absolute Gasteiger partial charge is 0.335 e. The first kappa shape index (κ1) is 15.9. The lowest BCUT2D eigenvalue weighted by Crippen LogP contribution is -2.28. The molecule has 0 saturated heterocycles. The SMILES string of the molecule is O=C(O)c1ccc(OCCNC(=O)c2ccccc2Cl)cc1. The van der Waals surface area contributed by atoms with Gasteiger partial charge in [0, 0.05) is 0 Å². The first-order valence-corrected chi connectivity index (χ1v) is 6.94. The molecule has 5 nitrogen and oxygen atoms in total. The van der Waals surface area contributed by atoms with Crippen molar-refractivity contribution in [2.45, 2.75) is 0 Å². The number of carbonyl (C=O) groups is 2. The van der Waals surface area contributed by atoms with Gasteiger partial charge in [0.2, 0.25) is 0 Å². The number of carboxylic acids is 1. The fraction of sp³-hybridized carbons (Fsp3) is 0.125. The summed E-state index contributed by atoms with van der Waals surface area (Å²) in [6.45, 7) is 0.577. The summed E-state index contributed by atoms with van der Waals surface area (Å²) in [7, 11) is 0. The summed E-state index contributed by atoms with van der Waals surface area (Å²) >= 11 is 5.93. The van der Waals surface area contributed by atoms with Crippen LogP contribution in [-0.2, 0) is 0 Å². The van der Waals surface area contributed by atoms with Gasteiger partial charge in [-0.15, -0.1) is 0 Å². The lowest BCUT2D eigenvalue weighted by atomic mass is 10.2. The molecule has 0 unspecified atom stereocenters. The van der Waals surface area contributed by atoms with Crippen LogP contribution >= 0.6 is 11.6 Å². The summed E-state index contributed by atoms with van der Waals surface area (Å²) in [5.74, 6) is -0.717. The third-order valence-corrected chi connectivity index (χ3v) is 3.21. The van der Waals surface area contributed by atoms with Crippen LogP contribution in [0, 0.1) is 0 Å². The summed E-state index contributed by atoms with van der Waals surface area (Å²) in [4.78, 5) is 22.6. The second-order valence-corrected chi connectivity index (χ2v) is 4.82. The fourth-order valence-corrected chi connectivity index (χ4v) is 1.99. The number of hydrogen-bond acceptors (Lipinski definition) is 3. The highest BCUT2D eigenvalue weighted by Gasteiger charge is 2.08. The largest absolute Gasteiger partial charge is 0.492 e. The van der Waals surface area contributed by atoms with E-state index in [1.807, 2.05) is 0 Å². The Hall–Kier alpha value is -2.53. The third-order valence-electron chi connectivity index (χ3n) is 2.88. The van der Waals surface area contributed by atoms with E-state index in [9.17, 15) is 9.59 Å². The van der Waals surface area contributed by atoms with Crippen LogP contribution in [0.25, 0.3) is 0 Å². The first-order valence-electron chi connectivity index (χ1n) is 6.57. The molecule has 0 bridgehead atoms. The van der Waals surface area contributed by atoms with Gasteiger partial charge in [0.1, 0.15) is 12.4 Å². The number of amides is 1. The molecule has 0 fully saturated rings. The highest BCUT2D eigenvalue weighted by atomic mass is 35.5. The van der Waals surface area contributed by atoms with Crippen LogP contribution in [0.3, 0.4) is 0 Å². The van der Waals surface area contributed by atoms with Crippen molar-refractivity contribution in [2.24, 2.45) is 0 Å². The van der Waals surface area contributed by atoms with E-state index in [2.05, 4.69) is 5.32 Å². The summed E-state index contributed by atoms with van der Waals surface area (Å²) in [6.07, 6.45) is 0. The van der Waals surface area contributed by atoms with Gasteiger partial charge >= 0.3 is 5.97 Å². The molecule has 2 N–H and O–H groups in total. The number of aromatic carboxylic acids is 1. The molecule has 2 aromatic carbocycles. The van der Waals surface area contributed by atoms with Gasteiger partial charge in [-0.3, -0.25) is 4.79 Å². The van der Waals surface area contributed by atoms with Gasteiger partial charge in [-0.05, 0) is 36.4 Å². The van der Waals surface area contributed by atoms with Crippen LogP contribution in [0.5, 0.6) is 5.75 Å². The van der Waals surface area contributed by atoms with E-state index in [1.54, 1.807) is 36.4 Å². The van der Waals surface area contributed by atoms with Gasteiger partial charge in [-0.25, -0.2) is 4.79 Å². The molecule has 0 aliphatic heterocycles. The Morgan fingerprint density at radius 3 is 2.41 bits per heavy atom. The minimum absolute atomic E-state index is 0.194. The van der Waals surface area contributed by atoms with Crippen LogP contribution < -0.4 is 10.1 Å². The van der Waals surface area contributed by atoms with E-state index in [1.165, 1.54) is 12.1 Å². The molecular weight excluding hydrogens is 306 g/mol. The maximum atomic E-state index is 11.9. The predicted octanol–water partition coefficient (Wildman–Crippen LogP) is 2.85. The molecule has 114 valence electrons. The van der Waals surface area contributed by atoms with Crippen LogP contribution in [0.15, 0.2) is 48.5 Å². The number of benzene rings is 2. The number of hydrogen-bond donors (Lipinski definition) is 2. The number of halogens is 1. The van der Waals surface area contributed by atoms with Gasteiger partial charge in [-0.2, -0.15) is 0 Å². The standard InChI is InChI=1S/C16H14ClNO4/c17-14-4-2-1-3-13(14)15(19)18-9-10-22-12-7-5-11(6-8-12)16(20)21/h1-8H,9-10H2,(H,18,19)(H,20,21). The molecule has 0 spiro atoms. The molecule has 1 amide bonds. The van der Waals surface area contributed by atoms with Crippen molar-refractivity contribution in [3.05, 3.63) is 64.7 Å². The van der Waals surface area contributed by atoms with E-state index >= 15 is 0 Å². The molecule has 0 heterocycles. The molecule has 0 aliphatic carbocycles. The van der Waals surface area contributed by atoms with E-state index in [-0.39, 0.29) is 18.1 Å². The monoisotopic (exact) mass is 319 g/mol. The van der Waals surface area contributed by atoms with Gasteiger partial charge < -0.3 is 15.2 Å². The second-order valence-electron chi connectivity index (χ2n) is 4.41. The molecule has 0 aromatic heterocycles. The topological polar surface area (TPSA) is 75.6 Å². The van der Waals surface area contributed by atoms with E-state index in [0.717, 1.165) is 0 Å². The number of ether oxygens (including phenoxy) is 1. The number of carboxylic acid groups (broad SMARTS) is 1. The van der Waals surface area contributed by atoms with E-state index < -0.39 is 5.97 Å². The molecule has 2 aromatic rings. The zero-order chi connectivity index (χ0) is 15.9. The Balaban J connectivity index is 1.78. The van der Waals surface area contributed by atoms with Gasteiger partial charge in [-0.1, -0.05) is 23.7 Å². The molecule has 0 saturated carbocycles. The van der Waals surface area contributed by atoms with E-state index in [0.29, 0.717) is 22.9 Å². The molecule has 0 atom stereocenters. The molecule has 2 rings (SSSR count). The number of rotatable bonds is 6. The van der Waals surface area contributed by atoms with Crippen molar-refractivity contribution in [3.8, 4) is 5.75 Å². The first-order chi connectivity index (χ1) is 10.6. The molecule has 6 heteroatoms. The Morgan fingerprint density at radius 2 is 1.77 bits per heavy atom. The van der Waals surface area contributed by atoms with Gasteiger partial charge in [0.25, 0.3) is 5.91 Å². The quantitative estimate of drug-likeness (QED) is 0.803. The minimum Gasteiger partial charge on any atom is -0.492 e. The zero-order valence-electron chi connectivity index (χ0n) is 11.6. The van der Waals surface area contributed by atoms with E-state index in [4.69, 9.17) is 21.4 Å². The summed E-state index contributed by atoms with van der Waals surface area (Å²) in [5.41, 5.74) is 0.606. The third kappa shape index (κ3) is 4.23. The van der Waals surface area contributed by atoms with Crippen molar-refractivity contribution in [1.82, 2.24) is 5.32 Å². The Labute approximate surface area is 132 Å². The van der Waals surface area contributed by atoms with Crippen LogP contribution in [-0.4, -0.2) is 30.1 Å². The number of nitrogens with one attached hydrogen (secondary N) is 1. The van der Waals surface area contributed by atoms with Crippen molar-refractivity contribution in [1.29, 1.82) is 0 Å². The second kappa shape index (κ2) is 7.47. The zero-order valence-corrected chi connectivity index (χ0v) is 12.3. The summed E-state index contributed by atoms with van der Waals surface area (Å²) in [6, 6.07) is 12.8. The van der Waals surface area contributed by atoms with Crippen LogP contribution in [0.2, 0.25) is 5.02 Å². The molecular formula is C16H14ClNO4. The van der Waals surface area contributed by atoms with Gasteiger partial charge in [0.05, 0.1) is 22.7 Å². The fourth-order valence-electron chi connectivity index (χ4n) is 1.77. The Bertz CT molecular complexity index is 670. The highest BCUT2D eigenvalue weighted by molar-refractivity contribution is 6.33. The molecule has 0 aliphatic rings. The summed E-state index contributed by atoms with van der Waals surface area (Å²) < 4.78 is 5.42. The average molecular weight is 320 g/mol. The normalized spacial score (nSPS) is 10.0. The highest BCUT2D eigenvalue weighted by Crippen LogP contribution is 2.14.